The second-order valence-corrected chi connectivity index (χ2v) is 3.40. The Kier molecular flexibility index (Phi) is 1.06. The van der Waals surface area contributed by atoms with E-state index in [9.17, 15) is 4.79 Å². The number of nitrogens with one attached hydrogen (secondary N) is 1. The summed E-state index contributed by atoms with van der Waals surface area (Å²) in [5, 5.41) is 3.13. The summed E-state index contributed by atoms with van der Waals surface area (Å²) < 4.78 is 0. The van der Waals surface area contributed by atoms with Crippen molar-refractivity contribution in [3.05, 3.63) is 0 Å². The number of nitrogens with two attached hydrogens (primary N) is 1. The van der Waals surface area contributed by atoms with Crippen molar-refractivity contribution in [2.24, 2.45) is 11.1 Å². The first-order valence-electron chi connectivity index (χ1n) is 3.77. The molecule has 1 amide bonds. The molecule has 1 saturated carbocycles. The van der Waals surface area contributed by atoms with Gasteiger partial charge in [0, 0.05) is 0 Å². The molecule has 1 saturated heterocycles. The van der Waals surface area contributed by atoms with Crippen LogP contribution in [-0.4, -0.2) is 18.5 Å². The number of carbonyl (C=O) groups is 1. The van der Waals surface area contributed by atoms with Gasteiger partial charge in [-0.2, -0.15) is 0 Å². The molecule has 2 aliphatic rings. The molecule has 3 heteroatoms. The average molecular weight is 140 g/mol. The molecule has 2 rings (SSSR count). The molecular weight excluding hydrogens is 128 g/mol. The molecule has 10 heavy (non-hydrogen) atoms. The largest absolute Gasteiger partial charge is 0.368 e. The Labute approximate surface area is 60.0 Å². The maximum atomic E-state index is 10.8. The minimum atomic E-state index is -0.171. The second-order valence-electron chi connectivity index (χ2n) is 3.40. The Hall–Kier alpha value is -0.570. The summed E-state index contributed by atoms with van der Waals surface area (Å²) in [6, 6.07) is -0.0208. The van der Waals surface area contributed by atoms with Crippen molar-refractivity contribution < 1.29 is 4.79 Å². The molecule has 2 fully saturated rings. The Morgan fingerprint density at radius 2 is 2.20 bits per heavy atom. The molecule has 1 aliphatic carbocycles. The second kappa shape index (κ2) is 1.72. The summed E-state index contributed by atoms with van der Waals surface area (Å²) in [6.45, 7) is 0.966. The van der Waals surface area contributed by atoms with E-state index in [2.05, 4.69) is 5.32 Å². The zero-order valence-electron chi connectivity index (χ0n) is 5.89. The number of rotatable bonds is 1. The summed E-state index contributed by atoms with van der Waals surface area (Å²) in [6.07, 6.45) is 3.52. The van der Waals surface area contributed by atoms with E-state index in [1.807, 2.05) is 0 Å². The molecule has 0 aromatic carbocycles. The highest BCUT2D eigenvalue weighted by molar-refractivity contribution is 5.81. The first-order valence-corrected chi connectivity index (χ1v) is 3.77. The van der Waals surface area contributed by atoms with Gasteiger partial charge in [-0.15, -0.1) is 0 Å². The van der Waals surface area contributed by atoms with Crippen LogP contribution in [0.5, 0.6) is 0 Å². The highest BCUT2D eigenvalue weighted by Gasteiger charge is 2.54. The highest BCUT2D eigenvalue weighted by atomic mass is 16.1. The lowest BCUT2D eigenvalue weighted by atomic mass is 9.97. The summed E-state index contributed by atoms with van der Waals surface area (Å²) >= 11 is 0. The monoisotopic (exact) mass is 140 g/mol. The van der Waals surface area contributed by atoms with Gasteiger partial charge in [-0.05, 0) is 31.2 Å². The number of hydrogen-bond donors (Lipinski definition) is 2. The van der Waals surface area contributed by atoms with E-state index in [1.165, 1.54) is 12.8 Å². The first-order chi connectivity index (χ1) is 4.75. The van der Waals surface area contributed by atoms with E-state index in [4.69, 9.17) is 5.73 Å². The topological polar surface area (TPSA) is 55.1 Å². The van der Waals surface area contributed by atoms with Crippen LogP contribution >= 0.6 is 0 Å². The molecule has 56 valence electrons. The third kappa shape index (κ3) is 0.669. The fourth-order valence-electron chi connectivity index (χ4n) is 1.93. The molecule has 0 radical (unpaired) electrons. The van der Waals surface area contributed by atoms with Crippen LogP contribution in [0.3, 0.4) is 0 Å². The lowest BCUT2D eigenvalue weighted by molar-refractivity contribution is -0.120. The van der Waals surface area contributed by atoms with Crippen LogP contribution in [-0.2, 0) is 4.79 Å². The van der Waals surface area contributed by atoms with Gasteiger partial charge in [0.1, 0.15) is 0 Å². The van der Waals surface area contributed by atoms with Crippen molar-refractivity contribution in [1.82, 2.24) is 5.32 Å². The summed E-state index contributed by atoms with van der Waals surface area (Å²) in [5.41, 5.74) is 5.51. The molecule has 3 N–H and O–H groups in total. The summed E-state index contributed by atoms with van der Waals surface area (Å²) in [5.74, 6) is -0.171. The fourth-order valence-corrected chi connectivity index (χ4v) is 1.93. The van der Waals surface area contributed by atoms with Crippen LogP contribution in [0.1, 0.15) is 19.3 Å². The van der Waals surface area contributed by atoms with Crippen LogP contribution in [0, 0.1) is 5.41 Å². The van der Waals surface area contributed by atoms with E-state index in [0.717, 1.165) is 13.0 Å². The molecule has 1 heterocycles. The van der Waals surface area contributed by atoms with Crippen molar-refractivity contribution in [3.8, 4) is 0 Å². The smallest absolute Gasteiger partial charge is 0.235 e. The molecule has 3 nitrogen and oxygen atoms in total. The molecule has 1 aliphatic heterocycles. The molecule has 1 unspecified atom stereocenters. The number of amides is 1. The third-order valence-electron chi connectivity index (χ3n) is 2.76. The number of hydrogen-bond acceptors (Lipinski definition) is 2. The molecule has 0 bridgehead atoms. The SMILES string of the molecule is NC(=O)C1NCCC12CC2. The predicted octanol–water partition coefficient (Wildman–Crippen LogP) is -0.386. The van der Waals surface area contributed by atoms with E-state index < -0.39 is 0 Å². The highest BCUT2D eigenvalue weighted by Crippen LogP contribution is 2.53. The van der Waals surface area contributed by atoms with Gasteiger partial charge < -0.3 is 11.1 Å². The Morgan fingerprint density at radius 3 is 2.60 bits per heavy atom. The molecule has 1 spiro atoms. The minimum Gasteiger partial charge on any atom is -0.368 e. The molecule has 0 aromatic heterocycles. The normalized spacial score (nSPS) is 34.6. The van der Waals surface area contributed by atoms with E-state index in [-0.39, 0.29) is 11.9 Å². The molecule has 0 aromatic rings. The van der Waals surface area contributed by atoms with Crippen LogP contribution in [0.15, 0.2) is 0 Å². The average Bonchev–Trinajstić information content (AvgIpc) is 2.42. The van der Waals surface area contributed by atoms with E-state index >= 15 is 0 Å². The van der Waals surface area contributed by atoms with Crippen molar-refractivity contribution in [3.63, 3.8) is 0 Å². The lowest BCUT2D eigenvalue weighted by Gasteiger charge is -2.12. The third-order valence-corrected chi connectivity index (χ3v) is 2.76. The lowest BCUT2D eigenvalue weighted by Crippen LogP contribution is -2.41. The van der Waals surface area contributed by atoms with Crippen molar-refractivity contribution in [2.45, 2.75) is 25.3 Å². The van der Waals surface area contributed by atoms with Crippen LogP contribution in [0.4, 0.5) is 0 Å². The van der Waals surface area contributed by atoms with Gasteiger partial charge in [-0.1, -0.05) is 0 Å². The molecular formula is C7H12N2O. The van der Waals surface area contributed by atoms with Crippen LogP contribution < -0.4 is 11.1 Å². The van der Waals surface area contributed by atoms with Gasteiger partial charge >= 0.3 is 0 Å². The number of carbonyl (C=O) groups excluding carboxylic acids is 1. The van der Waals surface area contributed by atoms with Crippen molar-refractivity contribution in [2.75, 3.05) is 6.54 Å². The van der Waals surface area contributed by atoms with Gasteiger partial charge in [0.2, 0.25) is 5.91 Å². The Bertz CT molecular complexity index is 174. The van der Waals surface area contributed by atoms with E-state index in [1.54, 1.807) is 0 Å². The predicted molar refractivity (Wildman–Crippen MR) is 37.3 cm³/mol. The summed E-state index contributed by atoms with van der Waals surface area (Å²) in [7, 11) is 0. The maximum Gasteiger partial charge on any atom is 0.235 e. The van der Waals surface area contributed by atoms with Gasteiger partial charge in [0.15, 0.2) is 0 Å². The van der Waals surface area contributed by atoms with Crippen molar-refractivity contribution in [1.29, 1.82) is 0 Å². The minimum absolute atomic E-state index is 0.0208. The van der Waals surface area contributed by atoms with Gasteiger partial charge in [0.25, 0.3) is 0 Å². The summed E-state index contributed by atoms with van der Waals surface area (Å²) in [4.78, 5) is 10.8. The fraction of sp³-hybridized carbons (Fsp3) is 0.857. The van der Waals surface area contributed by atoms with Gasteiger partial charge in [0.05, 0.1) is 6.04 Å². The Morgan fingerprint density at radius 1 is 1.50 bits per heavy atom. The Balaban J connectivity index is 2.14. The molecule has 1 atom stereocenters. The van der Waals surface area contributed by atoms with E-state index in [0.29, 0.717) is 5.41 Å². The van der Waals surface area contributed by atoms with Crippen molar-refractivity contribution >= 4 is 5.91 Å². The standard InChI is InChI=1S/C7H12N2O/c8-6(10)5-7(1-2-7)3-4-9-5/h5,9H,1-4H2,(H2,8,10). The van der Waals surface area contributed by atoms with Gasteiger partial charge in [-0.3, -0.25) is 4.79 Å². The first kappa shape index (κ1) is 6.16. The maximum absolute atomic E-state index is 10.8. The van der Waals surface area contributed by atoms with Crippen LogP contribution in [0.25, 0.3) is 0 Å². The van der Waals surface area contributed by atoms with Crippen LogP contribution in [0.2, 0.25) is 0 Å². The zero-order valence-corrected chi connectivity index (χ0v) is 5.89. The zero-order chi connectivity index (χ0) is 7.19. The number of primary amides is 1. The quantitative estimate of drug-likeness (QED) is 0.521. The van der Waals surface area contributed by atoms with Gasteiger partial charge in [-0.25, -0.2) is 0 Å².